The molecule has 1 aromatic rings. The smallest absolute Gasteiger partial charge is 0.227 e. The molecule has 1 atom stereocenters. The first kappa shape index (κ1) is 15.1. The van der Waals surface area contributed by atoms with Crippen LogP contribution in [0, 0.1) is 5.92 Å². The zero-order chi connectivity index (χ0) is 14.0. The molecule has 0 bridgehead atoms. The van der Waals surface area contributed by atoms with Gasteiger partial charge in [0.25, 0.3) is 0 Å². The van der Waals surface area contributed by atoms with Crippen LogP contribution in [0.15, 0.2) is 27.1 Å². The van der Waals surface area contributed by atoms with Gasteiger partial charge < -0.3 is 4.90 Å². The Bertz CT molecular complexity index is 521. The first-order valence-corrected chi connectivity index (χ1v) is 8.43. The molecule has 0 aliphatic carbocycles. The van der Waals surface area contributed by atoms with Gasteiger partial charge in [0.05, 0.1) is 5.69 Å². The van der Waals surface area contributed by atoms with E-state index in [1.807, 2.05) is 18.2 Å². The number of carbonyl (C=O) groups is 2. The van der Waals surface area contributed by atoms with Crippen molar-refractivity contribution in [3.8, 4) is 0 Å². The van der Waals surface area contributed by atoms with E-state index >= 15 is 0 Å². The molecule has 1 unspecified atom stereocenters. The summed E-state index contributed by atoms with van der Waals surface area (Å²) in [6, 6.07) is 5.78. The van der Waals surface area contributed by atoms with Crippen LogP contribution in [0.25, 0.3) is 0 Å². The van der Waals surface area contributed by atoms with Crippen molar-refractivity contribution in [2.24, 2.45) is 5.92 Å². The van der Waals surface area contributed by atoms with Crippen molar-refractivity contribution in [1.29, 1.82) is 0 Å². The lowest BCUT2D eigenvalue weighted by Crippen LogP contribution is -2.25. The Balaban J connectivity index is 2.11. The fourth-order valence-corrected chi connectivity index (χ4v) is 3.56. The van der Waals surface area contributed by atoms with Crippen molar-refractivity contribution in [2.45, 2.75) is 13.3 Å². The Morgan fingerprint density at radius 1 is 1.47 bits per heavy atom. The average molecular weight is 407 g/mol. The lowest BCUT2D eigenvalue weighted by atomic mass is 10.1. The van der Waals surface area contributed by atoms with E-state index in [0.29, 0.717) is 18.7 Å². The highest BCUT2D eigenvalue weighted by Crippen LogP contribution is 2.34. The maximum absolute atomic E-state index is 12.1. The largest absolute Gasteiger partial charge is 0.311 e. The van der Waals surface area contributed by atoms with Crippen molar-refractivity contribution in [3.05, 3.63) is 27.1 Å². The topological polar surface area (TPSA) is 37.4 Å². The van der Waals surface area contributed by atoms with Gasteiger partial charge >= 0.3 is 0 Å². The van der Waals surface area contributed by atoms with Crippen LogP contribution in [0.2, 0.25) is 0 Å². The molecule has 1 saturated heterocycles. The van der Waals surface area contributed by atoms with Crippen molar-refractivity contribution in [3.63, 3.8) is 0 Å². The number of hydrogen-bond donors (Lipinski definition) is 0. The van der Waals surface area contributed by atoms with Gasteiger partial charge in [-0.25, -0.2) is 0 Å². The second-order valence-electron chi connectivity index (χ2n) is 4.47. The fourth-order valence-electron chi connectivity index (χ4n) is 2.05. The number of thioether (sulfide) groups is 1. The van der Waals surface area contributed by atoms with Crippen LogP contribution >= 0.6 is 43.6 Å². The van der Waals surface area contributed by atoms with Crippen molar-refractivity contribution in [1.82, 2.24) is 0 Å². The summed E-state index contributed by atoms with van der Waals surface area (Å²) < 4.78 is 1.85. The standard InChI is InChI=1S/C13H13Br2NO2S/c1-8(17)19-7-9-4-13(18)16(6-9)12-5-10(14)2-3-11(12)15/h2-3,5,9H,4,6-7H2,1H3. The molecule has 0 spiro atoms. The molecule has 3 nitrogen and oxygen atoms in total. The zero-order valence-electron chi connectivity index (χ0n) is 10.4. The van der Waals surface area contributed by atoms with Gasteiger partial charge in [-0.15, -0.1) is 0 Å². The summed E-state index contributed by atoms with van der Waals surface area (Å²) in [6.07, 6.45) is 0.513. The molecule has 1 aromatic carbocycles. The van der Waals surface area contributed by atoms with Gasteiger partial charge in [-0.05, 0) is 40.0 Å². The number of anilines is 1. The number of hydrogen-bond acceptors (Lipinski definition) is 3. The zero-order valence-corrected chi connectivity index (χ0v) is 14.3. The number of benzene rings is 1. The highest BCUT2D eigenvalue weighted by Gasteiger charge is 2.31. The predicted molar refractivity (Wildman–Crippen MR) is 85.4 cm³/mol. The molecule has 0 N–H and O–H groups in total. The van der Waals surface area contributed by atoms with Crippen molar-refractivity contribution >= 4 is 60.3 Å². The van der Waals surface area contributed by atoms with Gasteiger partial charge in [-0.1, -0.05) is 27.7 Å². The second-order valence-corrected chi connectivity index (χ2v) is 7.44. The molecule has 0 saturated carbocycles. The minimum absolute atomic E-state index is 0.106. The molecule has 1 heterocycles. The van der Waals surface area contributed by atoms with Crippen molar-refractivity contribution in [2.75, 3.05) is 17.2 Å². The van der Waals surface area contributed by atoms with Crippen LogP contribution < -0.4 is 4.90 Å². The van der Waals surface area contributed by atoms with Crippen LogP contribution in [-0.2, 0) is 9.59 Å². The van der Waals surface area contributed by atoms with Crippen LogP contribution in [0.3, 0.4) is 0 Å². The highest BCUT2D eigenvalue weighted by atomic mass is 79.9. The third-order valence-electron chi connectivity index (χ3n) is 2.93. The lowest BCUT2D eigenvalue weighted by Gasteiger charge is -2.18. The number of halogens is 2. The van der Waals surface area contributed by atoms with Gasteiger partial charge in [0.2, 0.25) is 5.91 Å². The Labute approximate surface area is 133 Å². The molecule has 19 heavy (non-hydrogen) atoms. The van der Waals surface area contributed by atoms with Gasteiger partial charge in [0.15, 0.2) is 5.12 Å². The summed E-state index contributed by atoms with van der Waals surface area (Å²) in [5, 5.41) is 0.106. The van der Waals surface area contributed by atoms with Crippen LogP contribution in [0.5, 0.6) is 0 Å². The fraction of sp³-hybridized carbons (Fsp3) is 0.385. The van der Waals surface area contributed by atoms with Gasteiger partial charge in [-0.2, -0.15) is 0 Å². The SMILES string of the molecule is CC(=O)SCC1CC(=O)N(c2cc(Br)ccc2Br)C1. The molecule has 102 valence electrons. The first-order chi connectivity index (χ1) is 8.97. The summed E-state index contributed by atoms with van der Waals surface area (Å²) in [5.41, 5.74) is 0.884. The third kappa shape index (κ3) is 3.83. The van der Waals surface area contributed by atoms with Gasteiger partial charge in [-0.3, -0.25) is 9.59 Å². The molecular formula is C13H13Br2NO2S. The number of rotatable bonds is 3. The Hall–Kier alpha value is -0.330. The summed E-state index contributed by atoms with van der Waals surface area (Å²) in [6.45, 7) is 2.23. The molecule has 1 fully saturated rings. The summed E-state index contributed by atoms with van der Waals surface area (Å²) in [7, 11) is 0. The van der Waals surface area contributed by atoms with Crippen LogP contribution in [0.1, 0.15) is 13.3 Å². The monoisotopic (exact) mass is 405 g/mol. The number of amides is 1. The van der Waals surface area contributed by atoms with E-state index in [-0.39, 0.29) is 16.9 Å². The van der Waals surface area contributed by atoms with Crippen molar-refractivity contribution < 1.29 is 9.59 Å². The lowest BCUT2D eigenvalue weighted by molar-refractivity contribution is -0.117. The van der Waals surface area contributed by atoms with E-state index < -0.39 is 0 Å². The van der Waals surface area contributed by atoms with Gasteiger partial charge in [0.1, 0.15) is 0 Å². The maximum atomic E-state index is 12.1. The molecule has 1 aliphatic rings. The van der Waals surface area contributed by atoms with E-state index in [9.17, 15) is 9.59 Å². The minimum atomic E-state index is 0.106. The minimum Gasteiger partial charge on any atom is -0.311 e. The molecule has 0 radical (unpaired) electrons. The van der Waals surface area contributed by atoms with E-state index in [2.05, 4.69) is 31.9 Å². The summed E-state index contributed by atoms with van der Waals surface area (Å²) in [5.74, 6) is 1.07. The molecule has 1 aliphatic heterocycles. The maximum Gasteiger partial charge on any atom is 0.227 e. The van der Waals surface area contributed by atoms with Gasteiger partial charge in [0, 0.05) is 34.6 Å². The Morgan fingerprint density at radius 3 is 2.89 bits per heavy atom. The van der Waals surface area contributed by atoms with E-state index in [0.717, 1.165) is 14.6 Å². The molecular weight excluding hydrogens is 394 g/mol. The summed E-state index contributed by atoms with van der Waals surface area (Å²) in [4.78, 5) is 24.9. The normalized spacial score (nSPS) is 19.0. The molecule has 1 amide bonds. The Kier molecular flexibility index (Phi) is 5.09. The van der Waals surface area contributed by atoms with Crippen LogP contribution in [0.4, 0.5) is 5.69 Å². The highest BCUT2D eigenvalue weighted by molar-refractivity contribution is 9.11. The molecule has 2 rings (SSSR count). The first-order valence-electron chi connectivity index (χ1n) is 5.86. The van der Waals surface area contributed by atoms with Crippen LogP contribution in [-0.4, -0.2) is 23.3 Å². The predicted octanol–water partition coefficient (Wildman–Crippen LogP) is 3.84. The Morgan fingerprint density at radius 2 is 2.21 bits per heavy atom. The average Bonchev–Trinajstić information content (AvgIpc) is 2.71. The van der Waals surface area contributed by atoms with E-state index in [4.69, 9.17) is 0 Å². The third-order valence-corrected chi connectivity index (χ3v) is 5.13. The number of carbonyl (C=O) groups excluding carboxylic acids is 2. The van der Waals surface area contributed by atoms with E-state index in [1.54, 1.807) is 11.8 Å². The van der Waals surface area contributed by atoms with E-state index in [1.165, 1.54) is 11.8 Å². The quantitative estimate of drug-likeness (QED) is 0.765. The summed E-state index contributed by atoms with van der Waals surface area (Å²) >= 11 is 8.19. The molecule has 0 aromatic heterocycles. The second kappa shape index (κ2) is 6.41. The molecule has 6 heteroatoms. The number of nitrogens with zero attached hydrogens (tertiary/aromatic N) is 1.